The van der Waals surface area contributed by atoms with Gasteiger partial charge in [-0.3, -0.25) is 14.4 Å². The zero-order valence-corrected chi connectivity index (χ0v) is 24.2. The van der Waals surface area contributed by atoms with E-state index in [0.717, 1.165) is 0 Å². The molecule has 0 amide bonds. The van der Waals surface area contributed by atoms with Crippen LogP contribution < -0.4 is 15.3 Å². The summed E-state index contributed by atoms with van der Waals surface area (Å²) in [6.45, 7) is 5.05. The van der Waals surface area contributed by atoms with E-state index in [1.54, 1.807) is 20.8 Å². The van der Waals surface area contributed by atoms with Crippen LogP contribution in [0.5, 0.6) is 0 Å². The molecule has 0 fully saturated rings. The number of rotatable bonds is 21. The first-order valence-corrected chi connectivity index (χ1v) is 12.0. The van der Waals surface area contributed by atoms with Crippen LogP contribution in [0.25, 0.3) is 0 Å². The van der Waals surface area contributed by atoms with Crippen LogP contribution in [0.4, 0.5) is 0 Å². The molecule has 0 aliphatic carbocycles. The molecule has 0 spiro atoms. The molecule has 0 rings (SSSR count). The fraction of sp³-hybridized carbons (Fsp3) is 0.750. The monoisotopic (exact) mass is 594 g/mol. The number of carbonyl (C=O) groups excluding carboxylic acids is 6. The van der Waals surface area contributed by atoms with Crippen molar-refractivity contribution in [2.45, 2.75) is 77.6 Å². The van der Waals surface area contributed by atoms with Gasteiger partial charge in [0, 0.05) is 56.4 Å². The topological polar surface area (TPSA) is 260 Å². The maximum Gasteiger partial charge on any atom is 3.00 e. The molecule has 0 aliphatic rings. The molecule has 16 heteroatoms. The molecule has 3 N–H and O–H groups in total. The first kappa shape index (κ1) is 44.7. The van der Waals surface area contributed by atoms with Crippen molar-refractivity contribution in [1.82, 2.24) is 0 Å². The van der Waals surface area contributed by atoms with Crippen molar-refractivity contribution in [3.63, 3.8) is 0 Å². The molecule has 0 bridgehead atoms. The molecule has 0 aromatic rings. The van der Waals surface area contributed by atoms with E-state index in [0.29, 0.717) is 0 Å². The summed E-state index contributed by atoms with van der Waals surface area (Å²) in [7, 11) is 0. The summed E-state index contributed by atoms with van der Waals surface area (Å²) in [5, 5.41) is 55.1. The number of aliphatic hydroxyl groups is 3. The Labute approximate surface area is 243 Å². The molecular formula is C24H39AlO15. The minimum atomic E-state index is -1.38. The molecule has 0 saturated carbocycles. The standard InChI is InChI=1S/3C8H14O5.Al/c3*1-6(13-3-2-9)4-7(10)5-8(11)12;/h3*6,9H,2-5H2,1H3,(H,11,12);/q;;;+3/p-3. The average molecular weight is 595 g/mol. The number of hydrogen-bond donors (Lipinski definition) is 3. The molecule has 228 valence electrons. The summed E-state index contributed by atoms with van der Waals surface area (Å²) < 4.78 is 14.9. The molecule has 15 nitrogen and oxygen atoms in total. The Morgan fingerprint density at radius 2 is 0.725 bits per heavy atom. The van der Waals surface area contributed by atoms with E-state index in [9.17, 15) is 44.1 Å². The van der Waals surface area contributed by atoms with Gasteiger partial charge in [0.25, 0.3) is 0 Å². The van der Waals surface area contributed by atoms with Crippen molar-refractivity contribution < 1.29 is 73.6 Å². The van der Waals surface area contributed by atoms with E-state index in [1.807, 2.05) is 0 Å². The molecule has 3 atom stereocenters. The van der Waals surface area contributed by atoms with Gasteiger partial charge in [-0.15, -0.1) is 0 Å². The molecule has 0 aromatic heterocycles. The number of ether oxygens (including phenoxy) is 3. The van der Waals surface area contributed by atoms with Crippen molar-refractivity contribution in [3.05, 3.63) is 0 Å². The Bertz CT molecular complexity index is 634. The average Bonchev–Trinajstić information content (AvgIpc) is 2.79. The SMILES string of the molecule is CC(CC(=O)CC(=O)[O-])OCCO.CC(CC(=O)CC(=O)[O-])OCCO.CC(CC(=O)CC(=O)[O-])OCCO.[Al+3]. The third-order valence-electron chi connectivity index (χ3n) is 4.05. The second kappa shape index (κ2) is 29.7. The quantitative estimate of drug-likeness (QED) is 0.0830. The summed E-state index contributed by atoms with van der Waals surface area (Å²) in [6, 6.07) is 0. The predicted octanol–water partition coefficient (Wildman–Crippen LogP) is -4.93. The fourth-order valence-electron chi connectivity index (χ4n) is 2.60. The maximum atomic E-state index is 10.9. The van der Waals surface area contributed by atoms with Gasteiger partial charge in [0.1, 0.15) is 17.3 Å². The number of carboxylic acids is 3. The minimum absolute atomic E-state index is 0. The molecule has 0 saturated heterocycles. The van der Waals surface area contributed by atoms with E-state index in [1.165, 1.54) is 0 Å². The minimum Gasteiger partial charge on any atom is -0.550 e. The summed E-state index contributed by atoms with van der Waals surface area (Å²) in [5.41, 5.74) is 0. The third-order valence-corrected chi connectivity index (χ3v) is 4.05. The van der Waals surface area contributed by atoms with E-state index in [4.69, 9.17) is 29.5 Å². The van der Waals surface area contributed by atoms with Crippen LogP contribution in [0.3, 0.4) is 0 Å². The third kappa shape index (κ3) is 37.9. The zero-order chi connectivity index (χ0) is 30.8. The summed E-state index contributed by atoms with van der Waals surface area (Å²) in [4.78, 5) is 62.6. The predicted molar refractivity (Wildman–Crippen MR) is 131 cm³/mol. The van der Waals surface area contributed by atoms with Crippen LogP contribution in [-0.4, -0.2) is 126 Å². The zero-order valence-electron chi connectivity index (χ0n) is 23.0. The van der Waals surface area contributed by atoms with Crippen molar-refractivity contribution >= 4 is 52.6 Å². The number of aliphatic hydroxyl groups excluding tert-OH is 3. The number of Topliss-reactive ketones (excluding diaryl/α,β-unsaturated/α-hetero) is 3. The number of carbonyl (C=O) groups is 6. The molecule has 40 heavy (non-hydrogen) atoms. The normalized spacial score (nSPS) is 12.2. The van der Waals surface area contributed by atoms with Crippen molar-refractivity contribution in [2.75, 3.05) is 39.6 Å². The van der Waals surface area contributed by atoms with Gasteiger partial charge >= 0.3 is 17.4 Å². The fourth-order valence-corrected chi connectivity index (χ4v) is 2.60. The molecule has 0 heterocycles. The van der Waals surface area contributed by atoms with Gasteiger partial charge in [-0.1, -0.05) is 0 Å². The van der Waals surface area contributed by atoms with Crippen molar-refractivity contribution in [1.29, 1.82) is 0 Å². The maximum absolute atomic E-state index is 10.9. The van der Waals surface area contributed by atoms with Gasteiger partial charge in [-0.25, -0.2) is 0 Å². The Hall–Kier alpha value is -2.29. The van der Waals surface area contributed by atoms with Gasteiger partial charge in [0.05, 0.1) is 58.0 Å². The van der Waals surface area contributed by atoms with Gasteiger partial charge in [0.2, 0.25) is 0 Å². The van der Waals surface area contributed by atoms with Crippen molar-refractivity contribution in [2.24, 2.45) is 0 Å². The second-order valence-corrected chi connectivity index (χ2v) is 8.09. The summed E-state index contributed by atoms with van der Waals surface area (Å²) in [5.74, 6) is -5.40. The van der Waals surface area contributed by atoms with Crippen LogP contribution in [0, 0.1) is 0 Å². The summed E-state index contributed by atoms with van der Waals surface area (Å²) >= 11 is 0. The number of carboxylic acid groups (broad SMARTS) is 3. The molecule has 0 aromatic carbocycles. The van der Waals surface area contributed by atoms with Gasteiger partial charge < -0.3 is 59.2 Å². The van der Waals surface area contributed by atoms with E-state index < -0.39 is 54.5 Å². The Morgan fingerprint density at radius 1 is 0.525 bits per heavy atom. The van der Waals surface area contributed by atoms with E-state index in [-0.39, 0.29) is 94.6 Å². The van der Waals surface area contributed by atoms with E-state index in [2.05, 4.69) is 0 Å². The van der Waals surface area contributed by atoms with Crippen LogP contribution in [-0.2, 0) is 43.0 Å². The van der Waals surface area contributed by atoms with Crippen LogP contribution in [0.2, 0.25) is 0 Å². The number of hydrogen-bond acceptors (Lipinski definition) is 15. The van der Waals surface area contributed by atoms with Crippen LogP contribution in [0.1, 0.15) is 59.3 Å². The van der Waals surface area contributed by atoms with E-state index >= 15 is 0 Å². The van der Waals surface area contributed by atoms with Gasteiger partial charge in [-0.2, -0.15) is 0 Å². The largest absolute Gasteiger partial charge is 3.00 e. The Kier molecular flexibility index (Phi) is 33.2. The summed E-state index contributed by atoms with van der Waals surface area (Å²) in [6.07, 6.45) is -2.71. The Balaban J connectivity index is -0.000000240. The first-order valence-electron chi connectivity index (χ1n) is 12.0. The smallest absolute Gasteiger partial charge is 0.550 e. The number of aliphatic carboxylic acids is 3. The van der Waals surface area contributed by atoms with Gasteiger partial charge in [-0.05, 0) is 20.8 Å². The molecule has 0 radical (unpaired) electrons. The first-order chi connectivity index (χ1) is 18.2. The van der Waals surface area contributed by atoms with Crippen LogP contribution in [0.15, 0.2) is 0 Å². The molecule has 3 unspecified atom stereocenters. The van der Waals surface area contributed by atoms with Gasteiger partial charge in [0.15, 0.2) is 0 Å². The van der Waals surface area contributed by atoms with Crippen LogP contribution >= 0.6 is 0 Å². The number of ketones is 3. The van der Waals surface area contributed by atoms with Crippen molar-refractivity contribution in [3.8, 4) is 0 Å². The Morgan fingerprint density at radius 3 is 0.875 bits per heavy atom. The second-order valence-electron chi connectivity index (χ2n) is 8.09. The molecule has 0 aliphatic heterocycles. The molecular weight excluding hydrogens is 555 g/mol.